The van der Waals surface area contributed by atoms with E-state index < -0.39 is 0 Å². The molecule has 0 spiro atoms. The molecule has 1 N–H and O–H groups in total. The summed E-state index contributed by atoms with van der Waals surface area (Å²) in [6.07, 6.45) is 1.75. The van der Waals surface area contributed by atoms with Crippen molar-refractivity contribution in [2.45, 2.75) is 0 Å². The largest absolute Gasteiger partial charge is 0.497 e. The number of methoxy groups -OCH3 is 1. The normalized spacial score (nSPS) is 10.1. The van der Waals surface area contributed by atoms with Gasteiger partial charge < -0.3 is 9.72 Å². The fraction of sp³-hybridized carbons (Fsp3) is 0.0769. The highest BCUT2D eigenvalue weighted by Crippen LogP contribution is 2.22. The van der Waals surface area contributed by atoms with Gasteiger partial charge in [0.25, 0.3) is 0 Å². The lowest BCUT2D eigenvalue weighted by Crippen LogP contribution is -1.83. The molecule has 4 nitrogen and oxygen atoms in total. The van der Waals surface area contributed by atoms with Crippen LogP contribution in [0.5, 0.6) is 5.75 Å². The number of aromatic amines is 1. The minimum absolute atomic E-state index is 0. The van der Waals surface area contributed by atoms with Crippen LogP contribution in [-0.2, 0) is 0 Å². The lowest BCUT2D eigenvalue weighted by Gasteiger charge is -1.96. The molecule has 0 aliphatic heterocycles. The third-order valence-electron chi connectivity index (χ3n) is 2.60. The highest BCUT2D eigenvalue weighted by atomic mass is 35.5. The van der Waals surface area contributed by atoms with Crippen LogP contribution < -0.4 is 4.74 Å². The summed E-state index contributed by atoms with van der Waals surface area (Å²) in [6, 6.07) is 11.5. The lowest BCUT2D eigenvalue weighted by molar-refractivity contribution is 0.415. The van der Waals surface area contributed by atoms with Crippen molar-refractivity contribution >= 4 is 23.4 Å². The van der Waals surface area contributed by atoms with Crippen LogP contribution in [0.1, 0.15) is 0 Å². The van der Waals surface area contributed by atoms with E-state index >= 15 is 0 Å². The van der Waals surface area contributed by atoms with Crippen LogP contribution >= 0.6 is 12.4 Å². The molecule has 92 valence electrons. The van der Waals surface area contributed by atoms with Gasteiger partial charge in [-0.3, -0.25) is 4.98 Å². The minimum atomic E-state index is 0. The van der Waals surface area contributed by atoms with Crippen molar-refractivity contribution in [2.24, 2.45) is 0 Å². The Labute approximate surface area is 110 Å². The highest BCUT2D eigenvalue weighted by molar-refractivity contribution is 5.85. The summed E-state index contributed by atoms with van der Waals surface area (Å²) in [6.45, 7) is 0. The summed E-state index contributed by atoms with van der Waals surface area (Å²) < 4.78 is 5.17. The summed E-state index contributed by atoms with van der Waals surface area (Å²) in [7, 11) is 1.65. The average Bonchev–Trinajstić information content (AvgIpc) is 2.82. The maximum atomic E-state index is 5.17. The monoisotopic (exact) mass is 261 g/mol. The molecule has 5 heteroatoms. The predicted molar refractivity (Wildman–Crippen MR) is 73.1 cm³/mol. The van der Waals surface area contributed by atoms with Crippen molar-refractivity contribution in [3.63, 3.8) is 0 Å². The van der Waals surface area contributed by atoms with Gasteiger partial charge in [-0.05, 0) is 24.3 Å². The van der Waals surface area contributed by atoms with Crippen LogP contribution in [0.4, 0.5) is 0 Å². The first kappa shape index (κ1) is 12.4. The first-order valence-electron chi connectivity index (χ1n) is 5.32. The smallest absolute Gasteiger partial charge is 0.157 e. The van der Waals surface area contributed by atoms with Gasteiger partial charge in [0, 0.05) is 12.3 Å². The first-order chi connectivity index (χ1) is 8.36. The molecule has 0 atom stereocenters. The Hall–Kier alpha value is -2.07. The number of imidazole rings is 1. The standard InChI is InChI=1S/C13H11N3O.ClH/c1-17-9-5-6-10-12(8-9)16-13(15-10)11-4-2-3-7-14-11;/h2-8H,1H3,(H,15,16);1H. The number of aromatic nitrogens is 3. The van der Waals surface area contributed by atoms with Gasteiger partial charge in [-0.2, -0.15) is 0 Å². The molecule has 0 fully saturated rings. The zero-order valence-corrected chi connectivity index (χ0v) is 10.6. The quantitative estimate of drug-likeness (QED) is 0.771. The Morgan fingerprint density at radius 2 is 2.06 bits per heavy atom. The molecule has 3 rings (SSSR count). The summed E-state index contributed by atoms with van der Waals surface area (Å²) in [5, 5.41) is 0. The van der Waals surface area contributed by atoms with Crippen LogP contribution in [0.25, 0.3) is 22.6 Å². The van der Waals surface area contributed by atoms with Gasteiger partial charge in [-0.1, -0.05) is 6.07 Å². The molecule has 0 unspecified atom stereocenters. The lowest BCUT2D eigenvalue weighted by atomic mass is 10.3. The van der Waals surface area contributed by atoms with Crippen molar-refractivity contribution in [3.8, 4) is 17.3 Å². The van der Waals surface area contributed by atoms with E-state index in [9.17, 15) is 0 Å². The number of hydrogen-bond acceptors (Lipinski definition) is 3. The van der Waals surface area contributed by atoms with E-state index in [1.807, 2.05) is 36.4 Å². The van der Waals surface area contributed by atoms with Crippen LogP contribution in [-0.4, -0.2) is 22.1 Å². The zero-order valence-electron chi connectivity index (χ0n) is 9.75. The van der Waals surface area contributed by atoms with E-state index in [1.165, 1.54) is 0 Å². The summed E-state index contributed by atoms with van der Waals surface area (Å²) in [4.78, 5) is 12.0. The summed E-state index contributed by atoms with van der Waals surface area (Å²) in [5.74, 6) is 1.59. The number of H-pyrrole nitrogens is 1. The second-order valence-electron chi connectivity index (χ2n) is 3.68. The van der Waals surface area contributed by atoms with E-state index in [-0.39, 0.29) is 12.4 Å². The van der Waals surface area contributed by atoms with Crippen molar-refractivity contribution < 1.29 is 4.74 Å². The Morgan fingerprint density at radius 1 is 1.17 bits per heavy atom. The maximum absolute atomic E-state index is 5.17. The highest BCUT2D eigenvalue weighted by Gasteiger charge is 2.06. The van der Waals surface area contributed by atoms with Crippen molar-refractivity contribution in [1.29, 1.82) is 0 Å². The topological polar surface area (TPSA) is 50.8 Å². The van der Waals surface area contributed by atoms with Crippen molar-refractivity contribution in [3.05, 3.63) is 42.6 Å². The third kappa shape index (κ3) is 2.15. The van der Waals surface area contributed by atoms with Gasteiger partial charge in [-0.15, -0.1) is 12.4 Å². The SMILES string of the molecule is COc1ccc2nc(-c3ccccn3)[nH]c2c1.Cl. The van der Waals surface area contributed by atoms with E-state index in [0.29, 0.717) is 0 Å². The predicted octanol–water partition coefficient (Wildman–Crippen LogP) is 3.06. The van der Waals surface area contributed by atoms with Gasteiger partial charge in [0.2, 0.25) is 0 Å². The van der Waals surface area contributed by atoms with Gasteiger partial charge >= 0.3 is 0 Å². The van der Waals surface area contributed by atoms with Crippen LogP contribution in [0.2, 0.25) is 0 Å². The number of nitrogens with zero attached hydrogens (tertiary/aromatic N) is 2. The van der Waals surface area contributed by atoms with Gasteiger partial charge in [0.1, 0.15) is 11.4 Å². The molecule has 1 aromatic carbocycles. The van der Waals surface area contributed by atoms with E-state index in [0.717, 1.165) is 28.3 Å². The molecule has 2 aromatic heterocycles. The molecule has 0 bridgehead atoms. The number of ether oxygens (including phenoxy) is 1. The van der Waals surface area contributed by atoms with E-state index in [4.69, 9.17) is 4.74 Å². The molecule has 0 saturated carbocycles. The number of hydrogen-bond donors (Lipinski definition) is 1. The fourth-order valence-corrected chi connectivity index (χ4v) is 1.74. The number of nitrogens with one attached hydrogen (secondary N) is 1. The molecule has 0 aliphatic carbocycles. The second-order valence-corrected chi connectivity index (χ2v) is 3.68. The molecule has 0 amide bonds. The molecular weight excluding hydrogens is 250 g/mol. The molecule has 0 radical (unpaired) electrons. The number of benzene rings is 1. The Morgan fingerprint density at radius 3 is 2.78 bits per heavy atom. The number of fused-ring (bicyclic) bond motifs is 1. The molecule has 18 heavy (non-hydrogen) atoms. The maximum Gasteiger partial charge on any atom is 0.157 e. The van der Waals surface area contributed by atoms with Crippen molar-refractivity contribution in [1.82, 2.24) is 15.0 Å². The second kappa shape index (κ2) is 5.06. The molecule has 3 aromatic rings. The van der Waals surface area contributed by atoms with E-state index in [2.05, 4.69) is 15.0 Å². The minimum Gasteiger partial charge on any atom is -0.497 e. The number of rotatable bonds is 2. The first-order valence-corrected chi connectivity index (χ1v) is 5.32. The van der Waals surface area contributed by atoms with Crippen LogP contribution in [0.3, 0.4) is 0 Å². The molecule has 0 saturated heterocycles. The van der Waals surface area contributed by atoms with Gasteiger partial charge in [-0.25, -0.2) is 4.98 Å². The van der Waals surface area contributed by atoms with E-state index in [1.54, 1.807) is 13.3 Å². The average molecular weight is 262 g/mol. The van der Waals surface area contributed by atoms with Gasteiger partial charge in [0.15, 0.2) is 5.82 Å². The Bertz CT molecular complexity index is 652. The summed E-state index contributed by atoms with van der Waals surface area (Å²) in [5.41, 5.74) is 2.69. The van der Waals surface area contributed by atoms with Crippen molar-refractivity contribution in [2.75, 3.05) is 7.11 Å². The van der Waals surface area contributed by atoms with Crippen LogP contribution in [0, 0.1) is 0 Å². The Kier molecular flexibility index (Phi) is 3.48. The number of pyridine rings is 1. The van der Waals surface area contributed by atoms with Crippen LogP contribution in [0.15, 0.2) is 42.6 Å². The zero-order chi connectivity index (χ0) is 11.7. The fourth-order valence-electron chi connectivity index (χ4n) is 1.74. The number of halogens is 1. The third-order valence-corrected chi connectivity index (χ3v) is 2.60. The molecular formula is C13H12ClN3O. The Balaban J connectivity index is 0.00000120. The summed E-state index contributed by atoms with van der Waals surface area (Å²) >= 11 is 0. The molecule has 0 aliphatic rings. The molecule has 2 heterocycles. The van der Waals surface area contributed by atoms with Gasteiger partial charge in [0.05, 0.1) is 18.1 Å².